The van der Waals surface area contributed by atoms with Gasteiger partial charge in [-0.3, -0.25) is 0 Å². The van der Waals surface area contributed by atoms with Gasteiger partial charge in [-0.15, -0.1) is 0 Å². The van der Waals surface area contributed by atoms with Crippen molar-refractivity contribution in [3.05, 3.63) is 34.9 Å². The minimum atomic E-state index is 0.687. The molecule has 1 heteroatoms. The maximum Gasteiger partial charge on any atom is 0.0214 e. The van der Waals surface area contributed by atoms with Crippen molar-refractivity contribution >= 4 is 15.9 Å². The maximum absolute atomic E-state index is 3.84. The molecule has 0 amide bonds. The number of halogens is 1. The van der Waals surface area contributed by atoms with Crippen LogP contribution in [0.25, 0.3) is 0 Å². The topological polar surface area (TPSA) is 0 Å². The normalized spacial score (nSPS) is 26.6. The largest absolute Gasteiger partial charge is 0.0884 e. The molecular weight excluding hydrogens is 248 g/mol. The summed E-state index contributed by atoms with van der Waals surface area (Å²) in [6, 6.07) is 6.98. The molecule has 0 nitrogen and oxygen atoms in total. The first kappa shape index (κ1) is 11.2. The smallest absolute Gasteiger partial charge is 0.0214 e. The number of aryl methyl sites for hydroxylation is 2. The second kappa shape index (κ2) is 4.69. The summed E-state index contributed by atoms with van der Waals surface area (Å²) in [6.45, 7) is 4.39. The molecule has 1 fully saturated rings. The van der Waals surface area contributed by atoms with Gasteiger partial charge in [-0.05, 0) is 38.2 Å². The third-order valence-corrected chi connectivity index (χ3v) is 4.45. The molecule has 2 rings (SSSR count). The average Bonchev–Trinajstić information content (AvgIpc) is 2.16. The molecule has 2 unspecified atom stereocenters. The Bertz CT molecular complexity index is 323. The minimum Gasteiger partial charge on any atom is -0.0884 e. The van der Waals surface area contributed by atoms with Crippen LogP contribution in [0.3, 0.4) is 0 Å². The molecule has 1 aliphatic carbocycles. The standard InChI is InChI=1S/C14H19Br/c1-10-7-11(2)9-12(8-10)13-5-3-4-6-14(13)15/h7-9,13-14H,3-6H2,1-2H3. The highest BCUT2D eigenvalue weighted by molar-refractivity contribution is 9.09. The van der Waals surface area contributed by atoms with E-state index in [0.29, 0.717) is 4.83 Å². The summed E-state index contributed by atoms with van der Waals surface area (Å²) in [6.07, 6.45) is 5.45. The molecule has 1 aromatic rings. The molecule has 0 saturated heterocycles. The van der Waals surface area contributed by atoms with E-state index < -0.39 is 0 Å². The van der Waals surface area contributed by atoms with Gasteiger partial charge in [0.1, 0.15) is 0 Å². The van der Waals surface area contributed by atoms with E-state index in [-0.39, 0.29) is 0 Å². The van der Waals surface area contributed by atoms with Gasteiger partial charge in [0.05, 0.1) is 0 Å². The zero-order chi connectivity index (χ0) is 10.8. The van der Waals surface area contributed by atoms with Gasteiger partial charge < -0.3 is 0 Å². The number of rotatable bonds is 1. The van der Waals surface area contributed by atoms with Crippen LogP contribution in [0, 0.1) is 13.8 Å². The van der Waals surface area contributed by atoms with Crippen LogP contribution in [0.1, 0.15) is 48.3 Å². The van der Waals surface area contributed by atoms with Crippen LogP contribution in [0.4, 0.5) is 0 Å². The Morgan fingerprint density at radius 1 is 1.00 bits per heavy atom. The Morgan fingerprint density at radius 2 is 1.60 bits per heavy atom. The van der Waals surface area contributed by atoms with E-state index in [2.05, 4.69) is 48.0 Å². The highest BCUT2D eigenvalue weighted by Gasteiger charge is 2.24. The third kappa shape index (κ3) is 2.63. The lowest BCUT2D eigenvalue weighted by Gasteiger charge is -2.28. The van der Waals surface area contributed by atoms with E-state index in [1.165, 1.54) is 42.4 Å². The number of alkyl halides is 1. The fraction of sp³-hybridized carbons (Fsp3) is 0.571. The third-order valence-electron chi connectivity index (χ3n) is 3.35. The van der Waals surface area contributed by atoms with Crippen molar-refractivity contribution in [3.63, 3.8) is 0 Å². The summed E-state index contributed by atoms with van der Waals surface area (Å²) in [5.41, 5.74) is 4.33. The average molecular weight is 267 g/mol. The lowest BCUT2D eigenvalue weighted by atomic mass is 9.83. The Hall–Kier alpha value is -0.300. The van der Waals surface area contributed by atoms with Gasteiger partial charge in [-0.25, -0.2) is 0 Å². The lowest BCUT2D eigenvalue weighted by molar-refractivity contribution is 0.461. The van der Waals surface area contributed by atoms with Crippen LogP contribution in [0.5, 0.6) is 0 Å². The fourth-order valence-electron chi connectivity index (χ4n) is 2.69. The Kier molecular flexibility index (Phi) is 3.50. The molecule has 82 valence electrons. The summed E-state index contributed by atoms with van der Waals surface area (Å²) in [7, 11) is 0. The van der Waals surface area contributed by atoms with Crippen LogP contribution in [-0.4, -0.2) is 4.83 Å². The van der Waals surface area contributed by atoms with E-state index in [4.69, 9.17) is 0 Å². The molecule has 0 aliphatic heterocycles. The Morgan fingerprint density at radius 3 is 2.20 bits per heavy atom. The summed E-state index contributed by atoms with van der Waals surface area (Å²) >= 11 is 3.84. The molecule has 0 aromatic heterocycles. The molecule has 0 spiro atoms. The predicted molar refractivity (Wildman–Crippen MR) is 69.8 cm³/mol. The van der Waals surface area contributed by atoms with Crippen LogP contribution in [-0.2, 0) is 0 Å². The molecule has 15 heavy (non-hydrogen) atoms. The van der Waals surface area contributed by atoms with E-state index in [1.54, 1.807) is 0 Å². The van der Waals surface area contributed by atoms with E-state index in [1.807, 2.05) is 0 Å². The van der Waals surface area contributed by atoms with Crippen molar-refractivity contribution in [2.45, 2.75) is 50.3 Å². The lowest BCUT2D eigenvalue weighted by Crippen LogP contribution is -2.17. The summed E-state index contributed by atoms with van der Waals surface area (Å²) in [4.78, 5) is 0.687. The van der Waals surface area contributed by atoms with Crippen molar-refractivity contribution in [3.8, 4) is 0 Å². The van der Waals surface area contributed by atoms with E-state index >= 15 is 0 Å². The van der Waals surface area contributed by atoms with E-state index in [9.17, 15) is 0 Å². The molecule has 1 aromatic carbocycles. The zero-order valence-electron chi connectivity index (χ0n) is 9.59. The van der Waals surface area contributed by atoms with Crippen molar-refractivity contribution < 1.29 is 0 Å². The number of benzene rings is 1. The highest BCUT2D eigenvalue weighted by Crippen LogP contribution is 2.37. The van der Waals surface area contributed by atoms with Crippen molar-refractivity contribution in [1.29, 1.82) is 0 Å². The van der Waals surface area contributed by atoms with Gasteiger partial charge >= 0.3 is 0 Å². The minimum absolute atomic E-state index is 0.687. The van der Waals surface area contributed by atoms with Gasteiger partial charge in [0.25, 0.3) is 0 Å². The van der Waals surface area contributed by atoms with E-state index in [0.717, 1.165) is 5.92 Å². The first-order chi connectivity index (χ1) is 7.16. The molecule has 0 bridgehead atoms. The highest BCUT2D eigenvalue weighted by atomic mass is 79.9. The molecular formula is C14H19Br. The summed E-state index contributed by atoms with van der Waals surface area (Å²) in [5, 5.41) is 0. The maximum atomic E-state index is 3.84. The van der Waals surface area contributed by atoms with Gasteiger partial charge in [-0.2, -0.15) is 0 Å². The van der Waals surface area contributed by atoms with Crippen LogP contribution < -0.4 is 0 Å². The Labute approximate surface area is 101 Å². The Balaban J connectivity index is 2.27. The first-order valence-corrected chi connectivity index (χ1v) is 6.80. The molecule has 1 aliphatic rings. The molecule has 0 N–H and O–H groups in total. The fourth-order valence-corrected chi connectivity index (χ4v) is 3.58. The molecule has 0 radical (unpaired) electrons. The quantitative estimate of drug-likeness (QED) is 0.645. The van der Waals surface area contributed by atoms with Gasteiger partial charge in [0.2, 0.25) is 0 Å². The predicted octanol–water partition coefficient (Wildman–Crippen LogP) is 4.72. The second-order valence-electron chi connectivity index (χ2n) is 4.83. The molecule has 1 saturated carbocycles. The van der Waals surface area contributed by atoms with Crippen LogP contribution >= 0.6 is 15.9 Å². The van der Waals surface area contributed by atoms with Crippen LogP contribution in [0.2, 0.25) is 0 Å². The SMILES string of the molecule is Cc1cc(C)cc(C2CCCCC2Br)c1. The van der Waals surface area contributed by atoms with Gasteiger partial charge in [0.15, 0.2) is 0 Å². The zero-order valence-corrected chi connectivity index (χ0v) is 11.2. The monoisotopic (exact) mass is 266 g/mol. The number of hydrogen-bond acceptors (Lipinski definition) is 0. The second-order valence-corrected chi connectivity index (χ2v) is 6.00. The van der Waals surface area contributed by atoms with Gasteiger partial charge in [0, 0.05) is 4.83 Å². The molecule has 2 atom stereocenters. The summed E-state index contributed by atoms with van der Waals surface area (Å²) in [5.74, 6) is 0.734. The van der Waals surface area contributed by atoms with Crippen molar-refractivity contribution in [1.82, 2.24) is 0 Å². The summed E-state index contributed by atoms with van der Waals surface area (Å²) < 4.78 is 0. The number of hydrogen-bond donors (Lipinski definition) is 0. The van der Waals surface area contributed by atoms with Crippen LogP contribution in [0.15, 0.2) is 18.2 Å². The first-order valence-electron chi connectivity index (χ1n) is 5.89. The van der Waals surface area contributed by atoms with Crippen molar-refractivity contribution in [2.24, 2.45) is 0 Å². The van der Waals surface area contributed by atoms with Gasteiger partial charge in [-0.1, -0.05) is 58.1 Å². The molecule has 0 heterocycles. The van der Waals surface area contributed by atoms with Crippen molar-refractivity contribution in [2.75, 3.05) is 0 Å².